The molecule has 0 aromatic heterocycles. The van der Waals surface area contributed by atoms with Gasteiger partial charge in [0.15, 0.2) is 0 Å². The van der Waals surface area contributed by atoms with Crippen molar-refractivity contribution in [3.63, 3.8) is 0 Å². The second kappa shape index (κ2) is 6.62. The molecule has 0 saturated carbocycles. The van der Waals surface area contributed by atoms with Gasteiger partial charge in [-0.1, -0.05) is 37.3 Å². The number of sulfonamides is 1. The number of carbonyl (C=O) groups excluding carboxylic acids is 1. The Labute approximate surface area is 166 Å². The van der Waals surface area contributed by atoms with Crippen molar-refractivity contribution in [1.82, 2.24) is 4.90 Å². The van der Waals surface area contributed by atoms with Gasteiger partial charge in [0.25, 0.3) is 0 Å². The summed E-state index contributed by atoms with van der Waals surface area (Å²) in [4.78, 5) is 14.1. The number of anilines is 1. The first-order valence-corrected chi connectivity index (χ1v) is 11.5. The van der Waals surface area contributed by atoms with Crippen LogP contribution in [0.5, 0.6) is 0 Å². The van der Waals surface area contributed by atoms with Crippen LogP contribution in [0.1, 0.15) is 37.3 Å². The van der Waals surface area contributed by atoms with Gasteiger partial charge in [-0.2, -0.15) is 0 Å². The van der Waals surface area contributed by atoms with Gasteiger partial charge in [0, 0.05) is 30.6 Å². The minimum absolute atomic E-state index is 0.0119. The third-order valence-corrected chi connectivity index (χ3v) is 6.99. The molecule has 1 heterocycles. The number of hydrogen-bond acceptors (Lipinski definition) is 3. The van der Waals surface area contributed by atoms with Crippen LogP contribution in [-0.2, 0) is 26.7 Å². The van der Waals surface area contributed by atoms with Gasteiger partial charge in [-0.25, -0.2) is 8.42 Å². The number of nitrogens with one attached hydrogen (secondary N) is 1. The normalized spacial score (nSPS) is 24.5. The fourth-order valence-electron chi connectivity index (χ4n) is 4.91. The number of likely N-dealkylation sites (N-methyl/N-ethyl adjacent to an activating group) is 1. The summed E-state index contributed by atoms with van der Waals surface area (Å²) in [6.45, 7) is 2.30. The van der Waals surface area contributed by atoms with Crippen molar-refractivity contribution in [2.45, 2.75) is 44.1 Å². The van der Waals surface area contributed by atoms with Crippen molar-refractivity contribution in [2.75, 3.05) is 18.0 Å². The number of piperidine rings is 1. The highest BCUT2D eigenvalue weighted by Gasteiger charge is 2.46. The molecular weight excluding hydrogens is 372 g/mol. The number of fused-ring (bicyclic) bond motifs is 3. The van der Waals surface area contributed by atoms with Gasteiger partial charge >= 0.3 is 0 Å². The van der Waals surface area contributed by atoms with E-state index in [4.69, 9.17) is 0 Å². The van der Waals surface area contributed by atoms with Crippen LogP contribution in [0.4, 0.5) is 5.69 Å². The lowest BCUT2D eigenvalue weighted by Gasteiger charge is -2.50. The van der Waals surface area contributed by atoms with Crippen LogP contribution >= 0.6 is 0 Å². The predicted octanol–water partition coefficient (Wildman–Crippen LogP) is 3.55. The van der Waals surface area contributed by atoms with Crippen LogP contribution in [0.2, 0.25) is 0 Å². The molecule has 1 saturated heterocycles. The smallest absolute Gasteiger partial charge is 0.229 e. The molecule has 28 heavy (non-hydrogen) atoms. The third kappa shape index (κ3) is 3.30. The van der Waals surface area contributed by atoms with Crippen LogP contribution in [0.3, 0.4) is 0 Å². The van der Waals surface area contributed by atoms with E-state index in [0.717, 1.165) is 36.6 Å². The number of carbonyl (C=O) groups is 1. The second-order valence-electron chi connectivity index (χ2n) is 8.30. The zero-order valence-corrected chi connectivity index (χ0v) is 17.3. The lowest BCUT2D eigenvalue weighted by molar-refractivity contribution is -0.138. The Morgan fingerprint density at radius 2 is 1.75 bits per heavy atom. The first kappa shape index (κ1) is 19.0. The minimum atomic E-state index is -3.27. The summed E-state index contributed by atoms with van der Waals surface area (Å²) in [6, 6.07) is 14.3. The van der Waals surface area contributed by atoms with Gasteiger partial charge in [-0.15, -0.1) is 0 Å². The van der Waals surface area contributed by atoms with Crippen LogP contribution in [-0.4, -0.2) is 38.6 Å². The topological polar surface area (TPSA) is 66.5 Å². The third-order valence-electron chi connectivity index (χ3n) is 6.38. The molecule has 2 aliphatic rings. The Balaban J connectivity index is 1.65. The number of hydrogen-bond donors (Lipinski definition) is 1. The Kier molecular flexibility index (Phi) is 4.49. The van der Waals surface area contributed by atoms with Crippen molar-refractivity contribution < 1.29 is 13.2 Å². The van der Waals surface area contributed by atoms with E-state index >= 15 is 0 Å². The molecule has 1 aliphatic carbocycles. The maximum absolute atomic E-state index is 12.1. The van der Waals surface area contributed by atoms with Crippen LogP contribution < -0.4 is 4.72 Å². The molecule has 0 radical (unpaired) electrons. The zero-order chi connectivity index (χ0) is 20.1. The average Bonchev–Trinajstić information content (AvgIpc) is 2.64. The second-order valence-corrected chi connectivity index (χ2v) is 10.0. The lowest BCUT2D eigenvalue weighted by atomic mass is 9.63. The zero-order valence-electron chi connectivity index (χ0n) is 16.5. The quantitative estimate of drug-likeness (QED) is 0.860. The fraction of sp³-hybridized carbons (Fsp3) is 0.409. The van der Waals surface area contributed by atoms with Crippen molar-refractivity contribution in [1.29, 1.82) is 0 Å². The molecule has 4 rings (SSSR count). The molecule has 2 atom stereocenters. The van der Waals surface area contributed by atoms with E-state index in [9.17, 15) is 13.2 Å². The average molecular weight is 399 g/mol. The number of aryl methyl sites for hydroxylation is 1. The Morgan fingerprint density at radius 3 is 2.43 bits per heavy atom. The Morgan fingerprint density at radius 1 is 1.07 bits per heavy atom. The van der Waals surface area contributed by atoms with Crippen molar-refractivity contribution in [3.8, 4) is 11.1 Å². The van der Waals surface area contributed by atoms with Crippen molar-refractivity contribution in [2.24, 2.45) is 0 Å². The molecule has 0 unspecified atom stereocenters. The van der Waals surface area contributed by atoms with Gasteiger partial charge in [-0.05, 0) is 53.6 Å². The van der Waals surface area contributed by atoms with Gasteiger partial charge in [0.05, 0.1) is 6.26 Å². The van der Waals surface area contributed by atoms with Crippen molar-refractivity contribution in [3.05, 3.63) is 53.6 Å². The van der Waals surface area contributed by atoms with Gasteiger partial charge in [-0.3, -0.25) is 9.52 Å². The number of likely N-dealkylation sites (tertiary alicyclic amines) is 1. The monoisotopic (exact) mass is 398 g/mol. The molecule has 2 aromatic rings. The van der Waals surface area contributed by atoms with Crippen LogP contribution in [0.25, 0.3) is 11.1 Å². The summed E-state index contributed by atoms with van der Waals surface area (Å²) in [5, 5.41) is 0. The van der Waals surface area contributed by atoms with E-state index in [1.54, 1.807) is 12.1 Å². The van der Waals surface area contributed by atoms with Gasteiger partial charge < -0.3 is 4.90 Å². The number of amides is 1. The SMILES string of the molecule is CN1C(=O)CC[C@]2(C)c3ccc(-c4ccc(NS(C)(=O)=O)cc4)cc3CC[C@@H]12. The summed E-state index contributed by atoms with van der Waals surface area (Å²) in [5.74, 6) is 0.255. The maximum Gasteiger partial charge on any atom is 0.229 e. The number of nitrogens with zero attached hydrogens (tertiary/aromatic N) is 1. The molecule has 148 valence electrons. The van der Waals surface area contributed by atoms with Crippen LogP contribution in [0, 0.1) is 0 Å². The van der Waals surface area contributed by atoms with Crippen LogP contribution in [0.15, 0.2) is 42.5 Å². The Bertz CT molecular complexity index is 1030. The summed E-state index contributed by atoms with van der Waals surface area (Å²) in [7, 11) is -1.33. The molecule has 5 nitrogen and oxygen atoms in total. The van der Waals surface area contributed by atoms with Gasteiger partial charge in [0.2, 0.25) is 15.9 Å². The molecule has 0 bridgehead atoms. The summed E-state index contributed by atoms with van der Waals surface area (Å²) in [6.07, 6.45) is 4.62. The van der Waals surface area contributed by atoms with E-state index in [-0.39, 0.29) is 17.4 Å². The largest absolute Gasteiger partial charge is 0.342 e. The van der Waals surface area contributed by atoms with Crippen molar-refractivity contribution >= 4 is 21.6 Å². The van der Waals surface area contributed by atoms with Gasteiger partial charge in [0.1, 0.15) is 0 Å². The molecule has 1 amide bonds. The van der Waals surface area contributed by atoms with E-state index < -0.39 is 10.0 Å². The first-order chi connectivity index (χ1) is 13.2. The van der Waals surface area contributed by atoms with E-state index in [2.05, 4.69) is 29.8 Å². The highest BCUT2D eigenvalue weighted by Crippen LogP contribution is 2.46. The highest BCUT2D eigenvalue weighted by atomic mass is 32.2. The van der Waals surface area contributed by atoms with E-state index in [0.29, 0.717) is 12.1 Å². The fourth-order valence-corrected chi connectivity index (χ4v) is 5.48. The van der Waals surface area contributed by atoms with E-state index in [1.807, 2.05) is 24.1 Å². The molecule has 1 aliphatic heterocycles. The summed E-state index contributed by atoms with van der Waals surface area (Å²) < 4.78 is 25.2. The number of benzene rings is 2. The molecule has 0 spiro atoms. The molecule has 1 fully saturated rings. The highest BCUT2D eigenvalue weighted by molar-refractivity contribution is 7.92. The standard InChI is InChI=1S/C22H26N2O3S/c1-22-13-12-21(25)24(2)20(22)11-7-17-14-16(6-10-19(17)22)15-4-8-18(9-5-15)23-28(3,26)27/h4-6,8-10,14,20,23H,7,11-13H2,1-3H3/t20-,22-/m1/s1. The lowest BCUT2D eigenvalue weighted by Crippen LogP contribution is -2.56. The number of rotatable bonds is 3. The molecule has 6 heteroatoms. The first-order valence-electron chi connectivity index (χ1n) is 9.65. The maximum atomic E-state index is 12.1. The minimum Gasteiger partial charge on any atom is -0.342 e. The van der Waals surface area contributed by atoms with E-state index in [1.165, 1.54) is 11.1 Å². The molecular formula is C22H26N2O3S. The predicted molar refractivity (Wildman–Crippen MR) is 112 cm³/mol. The summed E-state index contributed by atoms with van der Waals surface area (Å²) >= 11 is 0. The Hall–Kier alpha value is -2.34. The summed E-state index contributed by atoms with van der Waals surface area (Å²) in [5.41, 5.74) is 5.49. The molecule has 2 aromatic carbocycles. The molecule has 1 N–H and O–H groups in total.